The molecular formula is C24H25FN6O8S2. The average molecular weight is 609 g/mol. The first-order chi connectivity index (χ1) is 19.5. The van der Waals surface area contributed by atoms with Crippen molar-refractivity contribution in [1.29, 1.82) is 0 Å². The number of ether oxygens (including phenoxy) is 2. The smallest absolute Gasteiger partial charge is 0.326 e. The van der Waals surface area contributed by atoms with Gasteiger partial charge in [0.15, 0.2) is 0 Å². The van der Waals surface area contributed by atoms with E-state index >= 15 is 0 Å². The van der Waals surface area contributed by atoms with Gasteiger partial charge in [0.05, 0.1) is 16.4 Å². The van der Waals surface area contributed by atoms with Crippen molar-refractivity contribution >= 4 is 43.5 Å². The highest BCUT2D eigenvalue weighted by atomic mass is 32.2. The molecule has 0 saturated carbocycles. The van der Waals surface area contributed by atoms with Gasteiger partial charge in [0.2, 0.25) is 10.2 Å². The van der Waals surface area contributed by atoms with Crippen molar-refractivity contribution in [2.75, 3.05) is 13.3 Å². The van der Waals surface area contributed by atoms with E-state index in [0.29, 0.717) is 33.0 Å². The molecule has 2 aromatic carbocycles. The van der Waals surface area contributed by atoms with Gasteiger partial charge in [0.1, 0.15) is 55.8 Å². The fraction of sp³-hybridized carbons (Fsp3) is 0.292. The molecule has 1 amide bonds. The molecule has 5 N–H and O–H groups in total. The summed E-state index contributed by atoms with van der Waals surface area (Å²) in [5.41, 5.74) is 1.46. The maximum atomic E-state index is 12.5. The lowest BCUT2D eigenvalue weighted by Gasteiger charge is -2.15. The second-order valence-corrected chi connectivity index (χ2v) is 11.5. The van der Waals surface area contributed by atoms with Gasteiger partial charge < -0.3 is 25.0 Å². The summed E-state index contributed by atoms with van der Waals surface area (Å²) in [5.74, 6) is -1.03. The van der Waals surface area contributed by atoms with Gasteiger partial charge in [0.25, 0.3) is 10.0 Å². The fourth-order valence-electron chi connectivity index (χ4n) is 3.52. The van der Waals surface area contributed by atoms with Crippen LogP contribution in [0, 0.1) is 0 Å². The van der Waals surface area contributed by atoms with Gasteiger partial charge in [-0.25, -0.2) is 32.4 Å². The molecule has 4 aromatic rings. The minimum absolute atomic E-state index is 0.00181. The van der Waals surface area contributed by atoms with Gasteiger partial charge in [-0.2, -0.15) is 0 Å². The molecule has 4 rings (SSSR count). The number of carboxylic acid groups (broad SMARTS) is 1. The molecule has 0 aliphatic carbocycles. The summed E-state index contributed by atoms with van der Waals surface area (Å²) >= 11 is 0.914. The standard InChI is InChI=1S/C24H25FN6O8S2/c25-9-16(32)13-39-17-3-1-14(2-4-17)7-20(23(34)35)27-22(33)11-31-10-15(29-30-31)12-38-18-5-6-19-21(8-18)40-24(28-19)41(26,36)37/h1-6,8,10,16,20,32H,7,9,11-13H2,(H,27,33)(H,34,35)(H2,26,36,37). The number of rotatable bonds is 14. The van der Waals surface area contributed by atoms with Crippen molar-refractivity contribution in [2.24, 2.45) is 5.14 Å². The number of carbonyl (C=O) groups excluding carboxylic acids is 1. The van der Waals surface area contributed by atoms with E-state index in [4.69, 9.17) is 14.6 Å². The Morgan fingerprint density at radius 2 is 1.88 bits per heavy atom. The van der Waals surface area contributed by atoms with Crippen LogP contribution in [0.1, 0.15) is 11.3 Å². The Labute approximate surface area is 236 Å². The molecule has 0 fully saturated rings. The molecule has 218 valence electrons. The lowest BCUT2D eigenvalue weighted by atomic mass is 10.1. The van der Waals surface area contributed by atoms with Crippen molar-refractivity contribution in [1.82, 2.24) is 25.3 Å². The van der Waals surface area contributed by atoms with Crippen LogP contribution in [-0.4, -0.2) is 75.9 Å². The van der Waals surface area contributed by atoms with Gasteiger partial charge in [-0.15, -0.1) is 16.4 Å². The Hall–Kier alpha value is -4.19. The van der Waals surface area contributed by atoms with E-state index in [-0.39, 0.29) is 30.5 Å². The number of fused-ring (bicyclic) bond motifs is 1. The van der Waals surface area contributed by atoms with Crippen LogP contribution in [0.3, 0.4) is 0 Å². The van der Waals surface area contributed by atoms with E-state index in [2.05, 4.69) is 20.6 Å². The molecule has 0 aliphatic rings. The molecule has 14 nitrogen and oxygen atoms in total. The number of nitrogens with one attached hydrogen (secondary N) is 1. The molecule has 41 heavy (non-hydrogen) atoms. The number of aromatic nitrogens is 4. The van der Waals surface area contributed by atoms with Crippen LogP contribution >= 0.6 is 11.3 Å². The largest absolute Gasteiger partial charge is 0.491 e. The van der Waals surface area contributed by atoms with Crippen LogP contribution in [0.25, 0.3) is 10.2 Å². The average Bonchev–Trinajstić information content (AvgIpc) is 3.57. The maximum absolute atomic E-state index is 12.5. The third-order valence-electron chi connectivity index (χ3n) is 5.48. The highest BCUT2D eigenvalue weighted by molar-refractivity contribution is 7.91. The van der Waals surface area contributed by atoms with Crippen molar-refractivity contribution in [3.63, 3.8) is 0 Å². The summed E-state index contributed by atoms with van der Waals surface area (Å²) in [6, 6.07) is 9.92. The molecule has 17 heteroatoms. The van der Waals surface area contributed by atoms with Crippen molar-refractivity contribution in [3.8, 4) is 11.5 Å². The molecule has 2 atom stereocenters. The van der Waals surface area contributed by atoms with E-state index in [9.17, 15) is 32.6 Å². The summed E-state index contributed by atoms with van der Waals surface area (Å²) < 4.78 is 47.9. The van der Waals surface area contributed by atoms with Crippen LogP contribution in [0.4, 0.5) is 4.39 Å². The van der Waals surface area contributed by atoms with Gasteiger partial charge >= 0.3 is 5.97 Å². The van der Waals surface area contributed by atoms with Crippen LogP contribution < -0.4 is 19.9 Å². The van der Waals surface area contributed by atoms with Crippen LogP contribution in [0.2, 0.25) is 0 Å². The number of nitrogens with zero attached hydrogens (tertiary/aromatic N) is 4. The highest BCUT2D eigenvalue weighted by Crippen LogP contribution is 2.28. The number of alkyl halides is 1. The van der Waals surface area contributed by atoms with Crippen molar-refractivity contribution in [3.05, 3.63) is 59.9 Å². The zero-order valence-electron chi connectivity index (χ0n) is 21.2. The minimum Gasteiger partial charge on any atom is -0.491 e. The second kappa shape index (κ2) is 13.0. The number of carbonyl (C=O) groups is 2. The quantitative estimate of drug-likeness (QED) is 0.156. The predicted molar refractivity (Wildman–Crippen MR) is 143 cm³/mol. The zero-order chi connectivity index (χ0) is 29.6. The number of nitrogens with two attached hydrogens (primary N) is 1. The van der Waals surface area contributed by atoms with Gasteiger partial charge in [-0.1, -0.05) is 17.3 Å². The normalized spacial score (nSPS) is 13.0. The number of aliphatic hydroxyl groups excluding tert-OH is 1. The fourth-order valence-corrected chi connectivity index (χ4v) is 5.20. The number of carboxylic acids is 1. The first-order valence-electron chi connectivity index (χ1n) is 11.9. The third kappa shape index (κ3) is 8.40. The van der Waals surface area contributed by atoms with Crippen LogP contribution in [0.5, 0.6) is 11.5 Å². The van der Waals surface area contributed by atoms with E-state index < -0.39 is 40.7 Å². The zero-order valence-corrected chi connectivity index (χ0v) is 22.8. The summed E-state index contributed by atoms with van der Waals surface area (Å²) in [6.07, 6.45) is 0.232. The number of benzene rings is 2. The van der Waals surface area contributed by atoms with E-state index in [0.717, 1.165) is 11.3 Å². The Bertz CT molecular complexity index is 1630. The first-order valence-corrected chi connectivity index (χ1v) is 14.3. The number of hydrogen-bond donors (Lipinski definition) is 4. The minimum atomic E-state index is -3.92. The van der Waals surface area contributed by atoms with E-state index in [1.165, 1.54) is 10.9 Å². The molecule has 2 unspecified atom stereocenters. The summed E-state index contributed by atoms with van der Waals surface area (Å²) in [5, 5.41) is 34.2. The Balaban J connectivity index is 1.28. The molecule has 2 aromatic heterocycles. The Morgan fingerprint density at radius 3 is 2.56 bits per heavy atom. The summed E-state index contributed by atoms with van der Waals surface area (Å²) in [4.78, 5) is 28.2. The molecule has 0 bridgehead atoms. The van der Waals surface area contributed by atoms with Crippen molar-refractivity contribution in [2.45, 2.75) is 36.1 Å². The monoisotopic (exact) mass is 608 g/mol. The number of primary sulfonamides is 1. The highest BCUT2D eigenvalue weighted by Gasteiger charge is 2.21. The van der Waals surface area contributed by atoms with Crippen LogP contribution in [-0.2, 0) is 39.2 Å². The Morgan fingerprint density at radius 1 is 1.15 bits per heavy atom. The number of thiazole rings is 1. The SMILES string of the molecule is NS(=O)(=O)c1nc2ccc(OCc3cn(CC(=O)NC(Cc4ccc(OCC(O)CF)cc4)C(=O)O)nn3)cc2s1. The number of halogens is 1. The number of aliphatic carboxylic acids is 1. The maximum Gasteiger partial charge on any atom is 0.326 e. The molecule has 0 aliphatic heterocycles. The van der Waals surface area contributed by atoms with Crippen molar-refractivity contribution < 1.29 is 42.1 Å². The topological polar surface area (TPSA) is 209 Å². The van der Waals surface area contributed by atoms with Gasteiger partial charge in [-0.05, 0) is 35.9 Å². The lowest BCUT2D eigenvalue weighted by Crippen LogP contribution is -2.43. The number of amides is 1. The predicted octanol–water partition coefficient (Wildman–Crippen LogP) is 0.636. The lowest BCUT2D eigenvalue weighted by molar-refractivity contribution is -0.141. The molecule has 2 heterocycles. The van der Waals surface area contributed by atoms with E-state index in [1.54, 1.807) is 42.5 Å². The first kappa shape index (κ1) is 29.8. The number of sulfonamides is 1. The van der Waals surface area contributed by atoms with Gasteiger partial charge in [-0.3, -0.25) is 4.79 Å². The number of hydrogen-bond acceptors (Lipinski definition) is 11. The molecule has 0 saturated heterocycles. The van der Waals surface area contributed by atoms with E-state index in [1.807, 2.05) is 0 Å². The molecule has 0 radical (unpaired) electrons. The second-order valence-electron chi connectivity index (χ2n) is 8.78. The number of aliphatic hydroxyl groups is 1. The Kier molecular flexibility index (Phi) is 9.43. The van der Waals surface area contributed by atoms with Gasteiger partial charge in [0, 0.05) is 6.42 Å². The summed E-state index contributed by atoms with van der Waals surface area (Å²) in [6.45, 7) is -1.44. The molecular weight excluding hydrogens is 583 g/mol. The van der Waals surface area contributed by atoms with Crippen LogP contribution in [0.15, 0.2) is 53.0 Å². The molecule has 0 spiro atoms. The third-order valence-corrected chi connectivity index (χ3v) is 7.82. The summed E-state index contributed by atoms with van der Waals surface area (Å²) in [7, 11) is -3.92.